The molecule has 5 nitrogen and oxygen atoms in total. The lowest BCUT2D eigenvalue weighted by Crippen LogP contribution is -2.50. The fourth-order valence-electron chi connectivity index (χ4n) is 1.90. The summed E-state index contributed by atoms with van der Waals surface area (Å²) in [6.07, 6.45) is 0. The molecule has 0 radical (unpaired) electrons. The van der Waals surface area contributed by atoms with E-state index in [-0.39, 0.29) is 5.91 Å². The number of hydrogen-bond acceptors (Lipinski definition) is 4. The highest BCUT2D eigenvalue weighted by molar-refractivity contribution is 7.09. The van der Waals surface area contributed by atoms with Gasteiger partial charge in [-0.25, -0.2) is 9.78 Å². The molecule has 6 heteroatoms. The molecule has 0 bridgehead atoms. The van der Waals surface area contributed by atoms with Crippen LogP contribution in [0, 0.1) is 6.92 Å². The number of carboxylic acid groups (broad SMARTS) is 1. The molecule has 0 spiro atoms. The smallest absolute Gasteiger partial charge is 0.329 e. The molecular formula is C16H18N2O3S. The van der Waals surface area contributed by atoms with Crippen LogP contribution >= 0.6 is 11.3 Å². The van der Waals surface area contributed by atoms with Crippen molar-refractivity contribution in [2.24, 2.45) is 0 Å². The van der Waals surface area contributed by atoms with Gasteiger partial charge in [0.05, 0.1) is 10.7 Å². The third-order valence-electron chi connectivity index (χ3n) is 3.69. The largest absolute Gasteiger partial charge is 0.480 e. The van der Waals surface area contributed by atoms with Crippen LogP contribution in [0.15, 0.2) is 29.6 Å². The Morgan fingerprint density at radius 2 is 2.00 bits per heavy atom. The van der Waals surface area contributed by atoms with Gasteiger partial charge in [-0.15, -0.1) is 11.3 Å². The van der Waals surface area contributed by atoms with E-state index in [4.69, 9.17) is 0 Å². The van der Waals surface area contributed by atoms with Crippen LogP contribution in [0.3, 0.4) is 0 Å². The Kier molecular flexibility index (Phi) is 4.32. The number of aromatic nitrogens is 1. The summed E-state index contributed by atoms with van der Waals surface area (Å²) >= 11 is 1.54. The number of amides is 1. The van der Waals surface area contributed by atoms with E-state index < -0.39 is 11.5 Å². The first-order valence-corrected chi connectivity index (χ1v) is 7.65. The minimum atomic E-state index is -1.27. The van der Waals surface area contributed by atoms with Crippen molar-refractivity contribution in [2.75, 3.05) is 7.05 Å². The summed E-state index contributed by atoms with van der Waals surface area (Å²) in [5.41, 5.74) is 0.832. The first kappa shape index (κ1) is 16.2. The Balaban J connectivity index is 2.33. The molecule has 1 aromatic heterocycles. The monoisotopic (exact) mass is 318 g/mol. The van der Waals surface area contributed by atoms with Gasteiger partial charge in [-0.2, -0.15) is 0 Å². The van der Waals surface area contributed by atoms with Crippen LogP contribution in [0.25, 0.3) is 11.3 Å². The summed E-state index contributed by atoms with van der Waals surface area (Å²) < 4.78 is 0. The molecule has 1 aromatic carbocycles. The molecule has 0 atom stereocenters. The standard InChI is InChI=1S/C16H18N2O3S/c1-10-17-13(9-22-10)11-6-5-7-12(8-11)14(19)18(4)16(2,3)15(20)21/h5-9H,1-4H3,(H,20,21). The molecule has 0 saturated carbocycles. The van der Waals surface area contributed by atoms with Crippen molar-refractivity contribution < 1.29 is 14.7 Å². The van der Waals surface area contributed by atoms with Crippen molar-refractivity contribution >= 4 is 23.2 Å². The van der Waals surface area contributed by atoms with Crippen molar-refractivity contribution in [1.29, 1.82) is 0 Å². The highest BCUT2D eigenvalue weighted by atomic mass is 32.1. The number of carbonyl (C=O) groups is 2. The van der Waals surface area contributed by atoms with Gasteiger partial charge in [0, 0.05) is 23.6 Å². The number of carboxylic acids is 1. The maximum absolute atomic E-state index is 12.5. The molecule has 1 amide bonds. The van der Waals surface area contributed by atoms with Crippen LogP contribution in [0.2, 0.25) is 0 Å². The van der Waals surface area contributed by atoms with Gasteiger partial charge < -0.3 is 10.0 Å². The third-order valence-corrected chi connectivity index (χ3v) is 4.46. The summed E-state index contributed by atoms with van der Waals surface area (Å²) in [5, 5.41) is 12.1. The highest BCUT2D eigenvalue weighted by Crippen LogP contribution is 2.24. The first-order valence-electron chi connectivity index (χ1n) is 6.77. The predicted molar refractivity (Wildman–Crippen MR) is 86.1 cm³/mol. The van der Waals surface area contributed by atoms with Crippen LogP contribution in [0.1, 0.15) is 29.2 Å². The zero-order valence-electron chi connectivity index (χ0n) is 13.0. The number of nitrogens with zero attached hydrogens (tertiary/aromatic N) is 2. The number of aryl methyl sites for hydroxylation is 1. The van der Waals surface area contributed by atoms with E-state index >= 15 is 0 Å². The van der Waals surface area contributed by atoms with Crippen molar-refractivity contribution in [3.8, 4) is 11.3 Å². The van der Waals surface area contributed by atoms with E-state index in [1.165, 1.54) is 25.8 Å². The number of aliphatic carboxylic acids is 1. The minimum Gasteiger partial charge on any atom is -0.480 e. The van der Waals surface area contributed by atoms with E-state index in [2.05, 4.69) is 4.98 Å². The molecule has 2 aromatic rings. The molecule has 0 aliphatic heterocycles. The third kappa shape index (κ3) is 3.01. The topological polar surface area (TPSA) is 70.5 Å². The van der Waals surface area contributed by atoms with Gasteiger partial charge in [-0.3, -0.25) is 4.79 Å². The molecule has 1 heterocycles. The van der Waals surface area contributed by atoms with Crippen molar-refractivity contribution in [3.63, 3.8) is 0 Å². The quantitative estimate of drug-likeness (QED) is 0.940. The van der Waals surface area contributed by atoms with Crippen LogP contribution in [-0.4, -0.2) is 39.5 Å². The molecule has 0 saturated heterocycles. The molecular weight excluding hydrogens is 300 g/mol. The van der Waals surface area contributed by atoms with Gasteiger partial charge in [-0.05, 0) is 32.9 Å². The van der Waals surface area contributed by atoms with Gasteiger partial charge in [0.15, 0.2) is 0 Å². The Morgan fingerprint density at radius 3 is 2.55 bits per heavy atom. The van der Waals surface area contributed by atoms with E-state index in [0.29, 0.717) is 5.56 Å². The number of hydrogen-bond donors (Lipinski definition) is 1. The van der Waals surface area contributed by atoms with Crippen molar-refractivity contribution in [1.82, 2.24) is 9.88 Å². The van der Waals surface area contributed by atoms with Gasteiger partial charge in [0.25, 0.3) is 5.91 Å². The zero-order chi connectivity index (χ0) is 16.5. The maximum atomic E-state index is 12.5. The summed E-state index contributed by atoms with van der Waals surface area (Å²) in [5.74, 6) is -1.38. The van der Waals surface area contributed by atoms with Crippen LogP contribution in [0.5, 0.6) is 0 Å². The Morgan fingerprint density at radius 1 is 1.32 bits per heavy atom. The number of benzene rings is 1. The van der Waals surface area contributed by atoms with Gasteiger partial charge in [-0.1, -0.05) is 12.1 Å². The summed E-state index contributed by atoms with van der Waals surface area (Å²) in [7, 11) is 1.50. The Hall–Kier alpha value is -2.21. The Labute approximate surface area is 133 Å². The first-order chi connectivity index (χ1) is 10.2. The molecule has 0 aliphatic rings. The maximum Gasteiger partial charge on any atom is 0.329 e. The van der Waals surface area contributed by atoms with Gasteiger partial charge in [0.2, 0.25) is 0 Å². The number of rotatable bonds is 4. The van der Waals surface area contributed by atoms with E-state index in [1.807, 2.05) is 18.4 Å². The van der Waals surface area contributed by atoms with Crippen molar-refractivity contribution in [2.45, 2.75) is 26.3 Å². The predicted octanol–water partition coefficient (Wildman–Crippen LogP) is 3.05. The van der Waals surface area contributed by atoms with Crippen LogP contribution in [-0.2, 0) is 4.79 Å². The van der Waals surface area contributed by atoms with Crippen molar-refractivity contribution in [3.05, 3.63) is 40.2 Å². The number of thiazole rings is 1. The van der Waals surface area contributed by atoms with Crippen LogP contribution in [0.4, 0.5) is 0 Å². The summed E-state index contributed by atoms with van der Waals surface area (Å²) in [4.78, 5) is 29.5. The van der Waals surface area contributed by atoms with Gasteiger partial charge >= 0.3 is 5.97 Å². The number of carbonyl (C=O) groups excluding carboxylic acids is 1. The molecule has 0 unspecified atom stereocenters. The molecule has 0 aliphatic carbocycles. The normalized spacial score (nSPS) is 11.3. The van der Waals surface area contributed by atoms with E-state index in [0.717, 1.165) is 16.3 Å². The average molecular weight is 318 g/mol. The summed E-state index contributed by atoms with van der Waals surface area (Å²) in [6, 6.07) is 7.08. The molecule has 1 N–H and O–H groups in total. The minimum absolute atomic E-state index is 0.332. The molecule has 0 fully saturated rings. The molecule has 116 valence electrons. The highest BCUT2D eigenvalue weighted by Gasteiger charge is 2.35. The SMILES string of the molecule is Cc1nc(-c2cccc(C(=O)N(C)C(C)(C)C(=O)O)c2)cs1. The lowest BCUT2D eigenvalue weighted by molar-refractivity contribution is -0.147. The second-order valence-corrected chi connectivity index (χ2v) is 6.62. The second kappa shape index (κ2) is 5.88. The van der Waals surface area contributed by atoms with E-state index in [9.17, 15) is 14.7 Å². The fourth-order valence-corrected chi connectivity index (χ4v) is 2.52. The average Bonchev–Trinajstić information content (AvgIpc) is 2.92. The second-order valence-electron chi connectivity index (χ2n) is 5.56. The molecule has 2 rings (SSSR count). The fraction of sp³-hybridized carbons (Fsp3) is 0.312. The van der Waals surface area contributed by atoms with Gasteiger partial charge in [0.1, 0.15) is 5.54 Å². The molecule has 22 heavy (non-hydrogen) atoms. The zero-order valence-corrected chi connectivity index (χ0v) is 13.8. The Bertz CT molecular complexity index is 722. The summed E-state index contributed by atoms with van der Waals surface area (Å²) in [6.45, 7) is 4.92. The van der Waals surface area contributed by atoms with Crippen LogP contribution < -0.4 is 0 Å². The lowest BCUT2D eigenvalue weighted by atomic mass is 10.0. The lowest BCUT2D eigenvalue weighted by Gasteiger charge is -2.31. The van der Waals surface area contributed by atoms with E-state index in [1.54, 1.807) is 29.5 Å². The number of likely N-dealkylation sites (N-methyl/N-ethyl adjacent to an activating group) is 1.